The van der Waals surface area contributed by atoms with E-state index in [4.69, 9.17) is 16.2 Å². The van der Waals surface area contributed by atoms with Gasteiger partial charge in [0.05, 0.1) is 12.6 Å². The van der Waals surface area contributed by atoms with E-state index in [1.54, 1.807) is 30.1 Å². The molecular formula is C12H17N3O2. The maximum absolute atomic E-state index is 12.2. The van der Waals surface area contributed by atoms with Crippen molar-refractivity contribution in [2.75, 3.05) is 31.7 Å². The van der Waals surface area contributed by atoms with E-state index < -0.39 is 0 Å². The number of anilines is 2. The molecule has 4 N–H and O–H groups in total. The van der Waals surface area contributed by atoms with Gasteiger partial charge >= 0.3 is 0 Å². The zero-order valence-corrected chi connectivity index (χ0v) is 9.85. The van der Waals surface area contributed by atoms with Gasteiger partial charge in [0.2, 0.25) is 0 Å². The molecule has 0 aliphatic carbocycles. The van der Waals surface area contributed by atoms with Crippen LogP contribution in [0.2, 0.25) is 0 Å². The maximum atomic E-state index is 12.2. The number of rotatable bonds is 2. The summed E-state index contributed by atoms with van der Waals surface area (Å²) in [4.78, 5) is 13.9. The number of nitrogen functional groups attached to an aromatic ring is 2. The van der Waals surface area contributed by atoms with Crippen LogP contribution in [-0.2, 0) is 4.74 Å². The monoisotopic (exact) mass is 235 g/mol. The molecule has 5 nitrogen and oxygen atoms in total. The van der Waals surface area contributed by atoms with E-state index in [2.05, 4.69) is 0 Å². The minimum Gasteiger partial charge on any atom is -0.399 e. The zero-order chi connectivity index (χ0) is 12.4. The van der Waals surface area contributed by atoms with Gasteiger partial charge in [-0.15, -0.1) is 0 Å². The molecule has 0 radical (unpaired) electrons. The van der Waals surface area contributed by atoms with E-state index in [-0.39, 0.29) is 11.9 Å². The van der Waals surface area contributed by atoms with Gasteiger partial charge < -0.3 is 21.1 Å². The van der Waals surface area contributed by atoms with Gasteiger partial charge in [0, 0.05) is 30.6 Å². The lowest BCUT2D eigenvalue weighted by atomic mass is 10.1. The minimum atomic E-state index is -0.0699. The van der Waals surface area contributed by atoms with Crippen molar-refractivity contribution in [2.24, 2.45) is 0 Å². The Balaban J connectivity index is 2.17. The van der Waals surface area contributed by atoms with Gasteiger partial charge in [-0.25, -0.2) is 0 Å². The summed E-state index contributed by atoms with van der Waals surface area (Å²) in [5.41, 5.74) is 12.9. The standard InChI is InChI=1S/C12H17N3O2/c1-15(11-2-3-17-7-11)12(16)8-4-9(13)6-10(14)5-8/h4-6,11H,2-3,7,13-14H2,1H3. The van der Waals surface area contributed by atoms with Crippen molar-refractivity contribution in [3.63, 3.8) is 0 Å². The van der Waals surface area contributed by atoms with Crippen LogP contribution in [0.4, 0.5) is 11.4 Å². The smallest absolute Gasteiger partial charge is 0.254 e. The third-order valence-electron chi connectivity index (χ3n) is 3.00. The normalized spacial score (nSPS) is 19.2. The molecule has 1 fully saturated rings. The van der Waals surface area contributed by atoms with Crippen molar-refractivity contribution in [3.8, 4) is 0 Å². The number of hydrogen-bond acceptors (Lipinski definition) is 4. The van der Waals surface area contributed by atoms with Crippen LogP contribution in [0.15, 0.2) is 18.2 Å². The van der Waals surface area contributed by atoms with E-state index in [0.717, 1.165) is 6.42 Å². The average Bonchev–Trinajstić information content (AvgIpc) is 2.79. The van der Waals surface area contributed by atoms with E-state index in [1.165, 1.54) is 0 Å². The van der Waals surface area contributed by atoms with Crippen LogP contribution < -0.4 is 11.5 Å². The van der Waals surface area contributed by atoms with Crippen LogP contribution >= 0.6 is 0 Å². The molecule has 17 heavy (non-hydrogen) atoms. The Bertz CT molecular complexity index is 408. The molecule has 1 amide bonds. The Morgan fingerprint density at radius 3 is 2.53 bits per heavy atom. The summed E-state index contributed by atoms with van der Waals surface area (Å²) in [5, 5.41) is 0. The number of carbonyl (C=O) groups is 1. The molecule has 1 heterocycles. The summed E-state index contributed by atoms with van der Waals surface area (Å²) in [6.45, 7) is 1.31. The second-order valence-corrected chi connectivity index (χ2v) is 4.32. The number of benzene rings is 1. The first-order valence-corrected chi connectivity index (χ1v) is 5.59. The lowest BCUT2D eigenvalue weighted by molar-refractivity contribution is 0.0711. The van der Waals surface area contributed by atoms with Crippen LogP contribution in [0.3, 0.4) is 0 Å². The second-order valence-electron chi connectivity index (χ2n) is 4.32. The van der Waals surface area contributed by atoms with Crippen molar-refractivity contribution in [3.05, 3.63) is 23.8 Å². The van der Waals surface area contributed by atoms with Crippen LogP contribution in [0, 0.1) is 0 Å². The molecule has 1 aromatic rings. The van der Waals surface area contributed by atoms with Crippen molar-refractivity contribution in [2.45, 2.75) is 12.5 Å². The Morgan fingerprint density at radius 2 is 2.00 bits per heavy atom. The van der Waals surface area contributed by atoms with Crippen LogP contribution in [-0.4, -0.2) is 37.1 Å². The molecule has 2 rings (SSSR count). The number of amides is 1. The fraction of sp³-hybridized carbons (Fsp3) is 0.417. The Morgan fingerprint density at radius 1 is 1.35 bits per heavy atom. The van der Waals surface area contributed by atoms with Gasteiger partial charge in [-0.05, 0) is 24.6 Å². The van der Waals surface area contributed by atoms with Crippen LogP contribution in [0.25, 0.3) is 0 Å². The van der Waals surface area contributed by atoms with E-state index in [1.807, 2.05) is 0 Å². The molecule has 0 spiro atoms. The number of carbonyl (C=O) groups excluding carboxylic acids is 1. The number of nitrogens with two attached hydrogens (primary N) is 2. The lowest BCUT2D eigenvalue weighted by Gasteiger charge is -2.23. The molecule has 5 heteroatoms. The van der Waals surface area contributed by atoms with Crippen LogP contribution in [0.5, 0.6) is 0 Å². The number of nitrogens with zero attached hydrogens (tertiary/aromatic N) is 1. The van der Waals surface area contributed by atoms with Gasteiger partial charge in [0.1, 0.15) is 0 Å². The highest BCUT2D eigenvalue weighted by molar-refractivity contribution is 5.96. The van der Waals surface area contributed by atoms with Gasteiger partial charge in [-0.2, -0.15) is 0 Å². The number of likely N-dealkylation sites (N-methyl/N-ethyl adjacent to an activating group) is 1. The number of ether oxygens (including phenoxy) is 1. The Labute approximate surface area is 100 Å². The minimum absolute atomic E-state index is 0.0699. The van der Waals surface area contributed by atoms with Crippen molar-refractivity contribution in [1.29, 1.82) is 0 Å². The SMILES string of the molecule is CN(C(=O)c1cc(N)cc(N)c1)C1CCOC1. The molecule has 0 saturated carbocycles. The highest BCUT2D eigenvalue weighted by Crippen LogP contribution is 2.18. The van der Waals surface area contributed by atoms with Crippen molar-refractivity contribution < 1.29 is 9.53 Å². The van der Waals surface area contributed by atoms with Gasteiger partial charge in [-0.1, -0.05) is 0 Å². The molecule has 1 aromatic carbocycles. The fourth-order valence-corrected chi connectivity index (χ4v) is 2.00. The first-order valence-electron chi connectivity index (χ1n) is 5.59. The average molecular weight is 235 g/mol. The molecule has 0 bridgehead atoms. The summed E-state index contributed by atoms with van der Waals surface area (Å²) in [5.74, 6) is -0.0699. The highest BCUT2D eigenvalue weighted by atomic mass is 16.5. The first kappa shape index (κ1) is 11.7. The maximum Gasteiger partial charge on any atom is 0.254 e. The Hall–Kier alpha value is -1.75. The topological polar surface area (TPSA) is 81.6 Å². The van der Waals surface area contributed by atoms with Crippen molar-refractivity contribution >= 4 is 17.3 Å². The quantitative estimate of drug-likeness (QED) is 0.740. The zero-order valence-electron chi connectivity index (χ0n) is 9.85. The van der Waals surface area contributed by atoms with Gasteiger partial charge in [-0.3, -0.25) is 4.79 Å². The molecule has 1 unspecified atom stereocenters. The molecule has 0 aromatic heterocycles. The fourth-order valence-electron chi connectivity index (χ4n) is 2.00. The molecular weight excluding hydrogens is 218 g/mol. The highest BCUT2D eigenvalue weighted by Gasteiger charge is 2.25. The molecule has 1 aliphatic heterocycles. The van der Waals surface area contributed by atoms with E-state index in [9.17, 15) is 4.79 Å². The molecule has 92 valence electrons. The Kier molecular flexibility index (Phi) is 3.19. The summed E-state index contributed by atoms with van der Waals surface area (Å²) in [6, 6.07) is 5.07. The third kappa shape index (κ3) is 2.50. The molecule has 1 aliphatic rings. The largest absolute Gasteiger partial charge is 0.399 e. The molecule has 1 saturated heterocycles. The summed E-state index contributed by atoms with van der Waals surface area (Å²) >= 11 is 0. The van der Waals surface area contributed by atoms with E-state index >= 15 is 0 Å². The first-order chi connectivity index (χ1) is 8.08. The number of hydrogen-bond donors (Lipinski definition) is 2. The summed E-state index contributed by atoms with van der Waals surface area (Å²) in [7, 11) is 1.78. The predicted octanol–water partition coefficient (Wildman–Crippen LogP) is 0.712. The lowest BCUT2D eigenvalue weighted by Crippen LogP contribution is -2.37. The second kappa shape index (κ2) is 4.63. The molecule has 1 atom stereocenters. The predicted molar refractivity (Wildman–Crippen MR) is 66.6 cm³/mol. The van der Waals surface area contributed by atoms with Gasteiger partial charge in [0.15, 0.2) is 0 Å². The van der Waals surface area contributed by atoms with Crippen molar-refractivity contribution in [1.82, 2.24) is 4.90 Å². The summed E-state index contributed by atoms with van der Waals surface area (Å²) < 4.78 is 5.27. The van der Waals surface area contributed by atoms with Gasteiger partial charge in [0.25, 0.3) is 5.91 Å². The van der Waals surface area contributed by atoms with Crippen LogP contribution in [0.1, 0.15) is 16.8 Å². The third-order valence-corrected chi connectivity index (χ3v) is 3.00. The van der Waals surface area contributed by atoms with E-state index in [0.29, 0.717) is 30.2 Å². The summed E-state index contributed by atoms with van der Waals surface area (Å²) in [6.07, 6.45) is 0.875.